The zero-order chi connectivity index (χ0) is 24.3. The van der Waals surface area contributed by atoms with E-state index in [9.17, 15) is 13.6 Å². The third kappa shape index (κ3) is 6.04. The molecule has 1 amide bonds. The largest absolute Gasteiger partial charge is 0.337 e. The van der Waals surface area contributed by atoms with Crippen LogP contribution in [0.2, 0.25) is 10.0 Å². The van der Waals surface area contributed by atoms with Gasteiger partial charge in [-0.1, -0.05) is 29.3 Å². The number of halogens is 4. The molecular formula is C25H30Cl2F2N4O. The van der Waals surface area contributed by atoms with Gasteiger partial charge in [0.1, 0.15) is 12.0 Å². The van der Waals surface area contributed by atoms with E-state index in [0.717, 1.165) is 48.9 Å². The summed E-state index contributed by atoms with van der Waals surface area (Å²) in [6, 6.07) is 5.92. The first-order chi connectivity index (χ1) is 16.2. The quantitative estimate of drug-likeness (QED) is 0.507. The Morgan fingerprint density at radius 1 is 1.06 bits per heavy atom. The van der Waals surface area contributed by atoms with Crippen LogP contribution >= 0.6 is 23.2 Å². The molecule has 0 aliphatic carbocycles. The molecule has 0 N–H and O–H groups in total. The van der Waals surface area contributed by atoms with E-state index in [4.69, 9.17) is 23.2 Å². The highest BCUT2D eigenvalue weighted by Crippen LogP contribution is 2.31. The van der Waals surface area contributed by atoms with Crippen molar-refractivity contribution in [3.8, 4) is 0 Å². The maximum atomic E-state index is 13.5. The van der Waals surface area contributed by atoms with Crippen LogP contribution in [0.15, 0.2) is 24.5 Å². The topological polar surface area (TPSA) is 49.3 Å². The molecule has 2 aliphatic rings. The molecule has 2 fully saturated rings. The zero-order valence-corrected chi connectivity index (χ0v) is 20.9. The molecule has 1 aromatic heterocycles. The van der Waals surface area contributed by atoms with Gasteiger partial charge in [0.05, 0.1) is 10.0 Å². The summed E-state index contributed by atoms with van der Waals surface area (Å²) < 4.78 is 26.9. The lowest BCUT2D eigenvalue weighted by molar-refractivity contribution is -0.0668. The lowest BCUT2D eigenvalue weighted by atomic mass is 9.98. The first kappa shape index (κ1) is 25.3. The summed E-state index contributed by atoms with van der Waals surface area (Å²) in [5.74, 6) is -2.61. The Bertz CT molecular complexity index is 1020. The number of hydrogen-bond acceptors (Lipinski definition) is 4. The molecule has 0 bridgehead atoms. The summed E-state index contributed by atoms with van der Waals surface area (Å²) in [7, 11) is 0. The molecule has 0 spiro atoms. The van der Waals surface area contributed by atoms with Crippen molar-refractivity contribution in [2.45, 2.75) is 63.8 Å². The summed E-state index contributed by atoms with van der Waals surface area (Å²) in [5, 5.41) is 1.09. The number of rotatable bonds is 6. The fourth-order valence-corrected chi connectivity index (χ4v) is 5.23. The monoisotopic (exact) mass is 510 g/mol. The number of nitrogens with zero attached hydrogens (tertiary/aromatic N) is 4. The van der Waals surface area contributed by atoms with Crippen molar-refractivity contribution in [1.82, 2.24) is 19.8 Å². The second-order valence-electron chi connectivity index (χ2n) is 9.31. The number of aromatic nitrogens is 2. The van der Waals surface area contributed by atoms with Gasteiger partial charge in [-0.3, -0.25) is 9.69 Å². The van der Waals surface area contributed by atoms with Gasteiger partial charge in [-0.05, 0) is 56.7 Å². The van der Waals surface area contributed by atoms with Crippen LogP contribution < -0.4 is 0 Å². The molecular weight excluding hydrogens is 481 g/mol. The highest BCUT2D eigenvalue weighted by molar-refractivity contribution is 6.42. The van der Waals surface area contributed by atoms with Crippen molar-refractivity contribution in [2.75, 3.05) is 26.2 Å². The number of amides is 1. The normalized spacial score (nSPS) is 19.4. The number of piperidine rings is 2. The lowest BCUT2D eigenvalue weighted by Gasteiger charge is -2.41. The van der Waals surface area contributed by atoms with E-state index in [2.05, 4.69) is 14.9 Å². The summed E-state index contributed by atoms with van der Waals surface area (Å²) in [6.45, 7) is 4.01. The summed E-state index contributed by atoms with van der Waals surface area (Å²) in [5.41, 5.74) is 3.26. The van der Waals surface area contributed by atoms with E-state index in [1.807, 2.05) is 24.0 Å². The van der Waals surface area contributed by atoms with Crippen LogP contribution in [0.1, 0.15) is 59.4 Å². The summed E-state index contributed by atoms with van der Waals surface area (Å²) >= 11 is 12.1. The molecule has 4 rings (SSSR count). The molecule has 0 atom stereocenters. The Balaban J connectivity index is 1.31. The van der Waals surface area contributed by atoms with Gasteiger partial charge in [-0.2, -0.15) is 0 Å². The SMILES string of the molecule is Cc1c(CCCc2ccc(Cl)c(Cl)c2)ncnc1C(=O)N1CCC(N2CCC(F)(F)CC2)CC1. The number of benzene rings is 1. The fraction of sp³-hybridized carbons (Fsp3) is 0.560. The Labute approximate surface area is 209 Å². The number of hydrogen-bond donors (Lipinski definition) is 0. The Hall–Kier alpha value is -1.83. The van der Waals surface area contributed by atoms with Crippen LogP contribution in [0.4, 0.5) is 8.78 Å². The van der Waals surface area contributed by atoms with E-state index in [-0.39, 0.29) is 24.8 Å². The molecule has 34 heavy (non-hydrogen) atoms. The first-order valence-electron chi connectivity index (χ1n) is 11.9. The van der Waals surface area contributed by atoms with Gasteiger partial charge in [0.15, 0.2) is 0 Å². The van der Waals surface area contributed by atoms with Crippen molar-refractivity contribution in [3.63, 3.8) is 0 Å². The summed E-state index contributed by atoms with van der Waals surface area (Å²) in [6.07, 6.45) is 5.37. The third-order valence-electron chi connectivity index (χ3n) is 7.05. The van der Waals surface area contributed by atoms with E-state index in [0.29, 0.717) is 41.9 Å². The molecule has 2 aliphatic heterocycles. The van der Waals surface area contributed by atoms with Gasteiger partial charge >= 0.3 is 0 Å². The second kappa shape index (κ2) is 10.8. The maximum absolute atomic E-state index is 13.5. The van der Waals surface area contributed by atoms with Gasteiger partial charge in [0, 0.05) is 56.3 Å². The number of alkyl halides is 2. The maximum Gasteiger partial charge on any atom is 0.272 e. The molecule has 0 radical (unpaired) electrons. The van der Waals surface area contributed by atoms with E-state index >= 15 is 0 Å². The third-order valence-corrected chi connectivity index (χ3v) is 7.79. The van der Waals surface area contributed by atoms with Crippen molar-refractivity contribution in [2.24, 2.45) is 0 Å². The lowest BCUT2D eigenvalue weighted by Crippen LogP contribution is -2.50. The average Bonchev–Trinajstić information content (AvgIpc) is 2.82. The predicted octanol–water partition coefficient (Wildman–Crippen LogP) is 5.60. The minimum absolute atomic E-state index is 0.0693. The van der Waals surface area contributed by atoms with Gasteiger partial charge in [0.25, 0.3) is 11.8 Å². The van der Waals surface area contributed by atoms with Gasteiger partial charge in [-0.15, -0.1) is 0 Å². The van der Waals surface area contributed by atoms with Gasteiger partial charge in [-0.25, -0.2) is 18.7 Å². The standard InChI is InChI=1S/C25H30Cl2F2N4O/c1-17-22(4-2-3-18-5-6-20(26)21(27)15-18)30-16-31-23(17)24(34)33-11-7-19(8-12-33)32-13-9-25(28,29)10-14-32/h5-6,15-16,19H,2-4,7-14H2,1H3. The molecule has 9 heteroatoms. The number of aryl methyl sites for hydroxylation is 2. The number of carbonyl (C=O) groups excluding carboxylic acids is 1. The first-order valence-corrected chi connectivity index (χ1v) is 12.6. The van der Waals surface area contributed by atoms with Crippen molar-refractivity contribution >= 4 is 29.1 Å². The predicted molar refractivity (Wildman–Crippen MR) is 130 cm³/mol. The molecule has 3 heterocycles. The van der Waals surface area contributed by atoms with E-state index in [1.54, 1.807) is 6.07 Å². The molecule has 1 aromatic carbocycles. The highest BCUT2D eigenvalue weighted by atomic mass is 35.5. The molecule has 0 unspecified atom stereocenters. The summed E-state index contributed by atoms with van der Waals surface area (Å²) in [4.78, 5) is 25.9. The van der Waals surface area contributed by atoms with Crippen LogP contribution in [0.3, 0.4) is 0 Å². The molecule has 2 aromatic rings. The van der Waals surface area contributed by atoms with E-state index < -0.39 is 5.92 Å². The zero-order valence-electron chi connectivity index (χ0n) is 19.4. The van der Waals surface area contributed by atoms with Crippen LogP contribution in [-0.4, -0.2) is 63.8 Å². The fourth-order valence-electron chi connectivity index (χ4n) is 4.91. The Morgan fingerprint density at radius 2 is 1.76 bits per heavy atom. The van der Waals surface area contributed by atoms with Crippen LogP contribution in [0.5, 0.6) is 0 Å². The molecule has 5 nitrogen and oxygen atoms in total. The molecule has 184 valence electrons. The number of likely N-dealkylation sites (tertiary alicyclic amines) is 2. The Kier molecular flexibility index (Phi) is 8.05. The molecule has 2 saturated heterocycles. The molecule has 0 saturated carbocycles. The Morgan fingerprint density at radius 3 is 2.44 bits per heavy atom. The van der Waals surface area contributed by atoms with Crippen molar-refractivity contribution in [3.05, 3.63) is 57.1 Å². The smallest absolute Gasteiger partial charge is 0.272 e. The highest BCUT2D eigenvalue weighted by Gasteiger charge is 2.37. The second-order valence-corrected chi connectivity index (χ2v) is 10.1. The van der Waals surface area contributed by atoms with Crippen LogP contribution in [0.25, 0.3) is 0 Å². The van der Waals surface area contributed by atoms with Gasteiger partial charge in [0.2, 0.25) is 0 Å². The van der Waals surface area contributed by atoms with Crippen LogP contribution in [-0.2, 0) is 12.8 Å². The van der Waals surface area contributed by atoms with Crippen molar-refractivity contribution in [1.29, 1.82) is 0 Å². The van der Waals surface area contributed by atoms with Crippen LogP contribution in [0, 0.1) is 6.92 Å². The minimum atomic E-state index is -2.53. The van der Waals surface area contributed by atoms with E-state index in [1.165, 1.54) is 6.33 Å². The van der Waals surface area contributed by atoms with Crippen molar-refractivity contribution < 1.29 is 13.6 Å². The number of carbonyl (C=O) groups is 1. The van der Waals surface area contributed by atoms with Gasteiger partial charge < -0.3 is 4.90 Å². The minimum Gasteiger partial charge on any atom is -0.337 e. The average molecular weight is 511 g/mol.